The van der Waals surface area contributed by atoms with Gasteiger partial charge in [0.25, 0.3) is 5.09 Å². The van der Waals surface area contributed by atoms with Crippen LogP contribution in [0.2, 0.25) is 0 Å². The topological polar surface area (TPSA) is 188 Å². The molecule has 0 radical (unpaired) electrons. The molecule has 0 aromatic heterocycles. The predicted molar refractivity (Wildman–Crippen MR) is 167 cm³/mol. The molecule has 0 aromatic carbocycles. The van der Waals surface area contributed by atoms with Gasteiger partial charge in [0.15, 0.2) is 23.7 Å². The smallest absolute Gasteiger partial charge is 0.308 e. The Labute approximate surface area is 279 Å². The third kappa shape index (κ3) is 6.51. The summed E-state index contributed by atoms with van der Waals surface area (Å²) < 4.78 is 28.9. The molecule has 0 spiro atoms. The Balaban J connectivity index is 1.43. The van der Waals surface area contributed by atoms with Crippen molar-refractivity contribution in [2.45, 2.75) is 109 Å². The standard InChI is InChI=1S/C34H47FN2O11/c1-5-29(42)48-34(27(40)20-46-30(43)13-15-36-28(41)9-7-6-8-16-47-37(44)45)21(2)17-25-24-11-10-22-18-23(38)12-14-31(22,3)33(24,35)26(39)19-32(25,34)4/h12,14,18,21,24-26,39H,5-11,13,15-17,19-20H2,1-4H3,(H,36,41)/t21-,24-,25-,26-,31-,32-,33-,34+/m0/s1. The molecule has 0 aliphatic heterocycles. The number of alkyl halides is 1. The molecule has 0 heterocycles. The number of ketones is 2. The van der Waals surface area contributed by atoms with Gasteiger partial charge in [-0.15, -0.1) is 10.1 Å². The predicted octanol–water partition coefficient (Wildman–Crippen LogP) is 3.68. The highest BCUT2D eigenvalue weighted by molar-refractivity contribution is 6.01. The Morgan fingerprint density at radius 2 is 1.85 bits per heavy atom. The minimum Gasteiger partial charge on any atom is -0.457 e. The highest BCUT2D eigenvalue weighted by Crippen LogP contribution is 2.71. The Bertz CT molecular complexity index is 1380. The molecular formula is C34H47FN2O11. The first-order valence-corrected chi connectivity index (χ1v) is 16.8. The molecule has 3 fully saturated rings. The Kier molecular flexibility index (Phi) is 11.2. The van der Waals surface area contributed by atoms with Crippen molar-refractivity contribution in [1.29, 1.82) is 0 Å². The summed E-state index contributed by atoms with van der Waals surface area (Å²) in [5.74, 6) is -4.33. The number of nitrogens with one attached hydrogen (secondary N) is 1. The van der Waals surface area contributed by atoms with E-state index in [-0.39, 0.29) is 50.5 Å². The van der Waals surface area contributed by atoms with Gasteiger partial charge < -0.3 is 24.7 Å². The molecule has 4 rings (SSSR count). The number of aliphatic hydroxyl groups is 1. The quantitative estimate of drug-likeness (QED) is 0.111. The molecule has 2 N–H and O–H groups in total. The van der Waals surface area contributed by atoms with Crippen LogP contribution < -0.4 is 5.32 Å². The minimum atomic E-state index is -2.13. The molecule has 266 valence electrons. The third-order valence-corrected chi connectivity index (χ3v) is 11.4. The van der Waals surface area contributed by atoms with E-state index in [0.29, 0.717) is 44.1 Å². The molecule has 0 saturated heterocycles. The number of esters is 2. The number of unbranched alkanes of at least 4 members (excludes halogenated alkanes) is 2. The molecular weight excluding hydrogens is 631 g/mol. The fourth-order valence-electron chi connectivity index (χ4n) is 9.07. The van der Waals surface area contributed by atoms with Crippen LogP contribution in [0.25, 0.3) is 0 Å². The van der Waals surface area contributed by atoms with Crippen molar-refractivity contribution in [3.63, 3.8) is 0 Å². The van der Waals surface area contributed by atoms with Gasteiger partial charge in [-0.2, -0.15) is 0 Å². The van der Waals surface area contributed by atoms with Crippen molar-refractivity contribution < 1.29 is 52.9 Å². The Morgan fingerprint density at radius 1 is 1.12 bits per heavy atom. The molecule has 1 amide bonds. The molecule has 0 unspecified atom stereocenters. The molecule has 0 aromatic rings. The van der Waals surface area contributed by atoms with E-state index >= 15 is 4.39 Å². The number of amides is 1. The number of carbonyl (C=O) groups is 5. The summed E-state index contributed by atoms with van der Waals surface area (Å²) in [6, 6.07) is 0. The van der Waals surface area contributed by atoms with E-state index in [9.17, 15) is 39.2 Å². The molecule has 14 heteroatoms. The van der Waals surface area contributed by atoms with Gasteiger partial charge in [0.05, 0.1) is 19.1 Å². The first kappa shape index (κ1) is 37.1. The minimum absolute atomic E-state index is 0.0290. The molecule has 4 aliphatic carbocycles. The monoisotopic (exact) mass is 678 g/mol. The van der Waals surface area contributed by atoms with Crippen molar-refractivity contribution in [2.75, 3.05) is 19.8 Å². The van der Waals surface area contributed by atoms with Crippen LogP contribution in [0.3, 0.4) is 0 Å². The largest absolute Gasteiger partial charge is 0.457 e. The average Bonchev–Trinajstić information content (AvgIpc) is 3.24. The second kappa shape index (κ2) is 14.4. The van der Waals surface area contributed by atoms with Gasteiger partial charge in [0.1, 0.15) is 0 Å². The summed E-state index contributed by atoms with van der Waals surface area (Å²) in [4.78, 5) is 78.3. The summed E-state index contributed by atoms with van der Waals surface area (Å²) in [5.41, 5.74) is -5.70. The SMILES string of the molecule is CCC(=O)O[C@@]1(C(=O)COC(=O)CCNC(=O)CCCCCO[N+](=O)[O-])[C@@H](C)C[C@H]2[C@@H]3CCC4=CC(=O)C=C[C@]4(C)[C@@]3(F)[C@@H](O)C[C@@]21C. The lowest BCUT2D eigenvalue weighted by atomic mass is 9.44. The zero-order valence-corrected chi connectivity index (χ0v) is 28.1. The Hall–Kier alpha value is -3.68. The number of hydrogen-bond acceptors (Lipinski definition) is 11. The van der Waals surface area contributed by atoms with E-state index in [1.54, 1.807) is 33.8 Å². The van der Waals surface area contributed by atoms with Crippen LogP contribution in [0.5, 0.6) is 0 Å². The number of ether oxygens (including phenoxy) is 2. The lowest BCUT2D eigenvalue weighted by Crippen LogP contribution is -2.70. The summed E-state index contributed by atoms with van der Waals surface area (Å²) in [6.45, 7) is 6.02. The number of aliphatic hydroxyl groups excluding tert-OH is 1. The van der Waals surface area contributed by atoms with Crippen LogP contribution in [-0.2, 0) is 38.3 Å². The van der Waals surface area contributed by atoms with E-state index in [2.05, 4.69) is 10.2 Å². The third-order valence-electron chi connectivity index (χ3n) is 11.4. The number of Topliss-reactive ketones (excluding diaryl/α,β-unsaturated/α-hetero) is 1. The van der Waals surface area contributed by atoms with E-state index < -0.39 is 75.4 Å². The summed E-state index contributed by atoms with van der Waals surface area (Å²) in [7, 11) is 0. The lowest BCUT2D eigenvalue weighted by molar-refractivity contribution is -0.757. The number of hydrogen-bond donors (Lipinski definition) is 2. The molecule has 4 aliphatic rings. The molecule has 48 heavy (non-hydrogen) atoms. The van der Waals surface area contributed by atoms with Gasteiger partial charge >= 0.3 is 11.9 Å². The molecule has 0 bridgehead atoms. The first-order valence-electron chi connectivity index (χ1n) is 16.8. The van der Waals surface area contributed by atoms with Crippen molar-refractivity contribution in [3.8, 4) is 0 Å². The second-order valence-electron chi connectivity index (χ2n) is 14.0. The maximum Gasteiger partial charge on any atom is 0.308 e. The van der Waals surface area contributed by atoms with Crippen LogP contribution in [0.1, 0.15) is 91.9 Å². The average molecular weight is 679 g/mol. The van der Waals surface area contributed by atoms with Crippen LogP contribution in [0.15, 0.2) is 23.8 Å². The first-order chi connectivity index (χ1) is 22.6. The van der Waals surface area contributed by atoms with Crippen molar-refractivity contribution in [2.24, 2.45) is 28.6 Å². The zero-order valence-electron chi connectivity index (χ0n) is 28.1. The molecule has 8 atom stereocenters. The van der Waals surface area contributed by atoms with Gasteiger partial charge in [0, 0.05) is 42.1 Å². The van der Waals surface area contributed by atoms with Gasteiger partial charge in [-0.1, -0.05) is 38.8 Å². The van der Waals surface area contributed by atoms with E-state index in [0.717, 1.165) is 0 Å². The number of nitrogens with zero attached hydrogens (tertiary/aromatic N) is 1. The van der Waals surface area contributed by atoms with Crippen LogP contribution in [-0.4, -0.2) is 76.7 Å². The maximum atomic E-state index is 17.6. The van der Waals surface area contributed by atoms with Crippen LogP contribution in [0.4, 0.5) is 4.39 Å². The number of rotatable bonds is 15. The number of carbonyl (C=O) groups excluding carboxylic acids is 5. The fraction of sp³-hybridized carbons (Fsp3) is 0.735. The maximum absolute atomic E-state index is 17.6. The summed E-state index contributed by atoms with van der Waals surface area (Å²) in [6.07, 6.45) is 5.09. The lowest BCUT2D eigenvalue weighted by Gasteiger charge is -2.62. The summed E-state index contributed by atoms with van der Waals surface area (Å²) in [5, 5.41) is 23.6. The van der Waals surface area contributed by atoms with E-state index in [4.69, 9.17) is 9.47 Å². The Morgan fingerprint density at radius 3 is 2.54 bits per heavy atom. The van der Waals surface area contributed by atoms with Gasteiger partial charge in [-0.05, 0) is 63.5 Å². The normalized spacial score (nSPS) is 35.0. The van der Waals surface area contributed by atoms with E-state index in [1.165, 1.54) is 12.2 Å². The van der Waals surface area contributed by atoms with Gasteiger partial charge in [0.2, 0.25) is 11.7 Å². The van der Waals surface area contributed by atoms with Crippen molar-refractivity contribution >= 4 is 29.4 Å². The fourth-order valence-corrected chi connectivity index (χ4v) is 9.07. The molecule has 13 nitrogen and oxygen atoms in total. The highest BCUT2D eigenvalue weighted by Gasteiger charge is 2.77. The number of fused-ring (bicyclic) bond motifs is 5. The second-order valence-corrected chi connectivity index (χ2v) is 14.0. The number of halogens is 1. The zero-order chi connectivity index (χ0) is 35.5. The van der Waals surface area contributed by atoms with Crippen LogP contribution in [0, 0.1) is 38.7 Å². The van der Waals surface area contributed by atoms with Crippen LogP contribution >= 0.6 is 0 Å². The number of allylic oxidation sites excluding steroid dienone is 4. The van der Waals surface area contributed by atoms with E-state index in [1.807, 2.05) is 0 Å². The summed E-state index contributed by atoms with van der Waals surface area (Å²) >= 11 is 0. The highest BCUT2D eigenvalue weighted by atomic mass is 19.1. The molecule has 3 saturated carbocycles. The van der Waals surface area contributed by atoms with Crippen molar-refractivity contribution in [1.82, 2.24) is 5.32 Å². The van der Waals surface area contributed by atoms with Gasteiger partial charge in [-0.3, -0.25) is 24.0 Å². The van der Waals surface area contributed by atoms with Gasteiger partial charge in [-0.25, -0.2) is 4.39 Å². The van der Waals surface area contributed by atoms with Crippen molar-refractivity contribution in [3.05, 3.63) is 33.9 Å².